The second-order valence-corrected chi connectivity index (χ2v) is 10.3. The molecule has 0 bridgehead atoms. The quantitative estimate of drug-likeness (QED) is 0.599. The van der Waals surface area contributed by atoms with E-state index in [1.165, 1.54) is 11.3 Å². The van der Waals surface area contributed by atoms with Crippen molar-refractivity contribution in [3.05, 3.63) is 29.6 Å². The summed E-state index contributed by atoms with van der Waals surface area (Å²) in [5.74, 6) is -0.0172. The normalized spacial score (nSPS) is 17.9. The number of hydrogen-bond donors (Lipinski definition) is 1. The van der Waals surface area contributed by atoms with Gasteiger partial charge in [0.1, 0.15) is 0 Å². The third-order valence-corrected chi connectivity index (χ3v) is 8.04. The Morgan fingerprint density at radius 1 is 1.24 bits per heavy atom. The molecule has 6 nitrogen and oxygen atoms in total. The van der Waals surface area contributed by atoms with Gasteiger partial charge in [0.15, 0.2) is 5.13 Å². The van der Waals surface area contributed by atoms with Gasteiger partial charge in [-0.2, -0.15) is 4.31 Å². The topological polar surface area (TPSA) is 79.4 Å². The zero-order valence-corrected chi connectivity index (χ0v) is 18.7. The molecule has 1 N–H and O–H groups in total. The van der Waals surface area contributed by atoms with Crippen LogP contribution in [0.15, 0.2) is 34.5 Å². The molecule has 0 radical (unpaired) electrons. The smallest absolute Gasteiger partial charge is 0.243 e. The first-order valence-electron chi connectivity index (χ1n) is 10.3. The molecule has 2 aromatic rings. The number of unbranched alkanes of at least 4 members (excludes halogenated alkanes) is 2. The van der Waals surface area contributed by atoms with Crippen molar-refractivity contribution >= 4 is 32.4 Å². The van der Waals surface area contributed by atoms with Crippen molar-refractivity contribution in [1.29, 1.82) is 0 Å². The standard InChI is InChI=1S/C21H29N3O3S2/c1-3-4-5-9-20(25)23-21-22-19(15-28-21)17-10-12-18(13-11-17)29(26,27)24-14-7-6-8-16(24)2/h10-13,15-16H,3-9,14H2,1-2H3,(H,22,23,25). The van der Waals surface area contributed by atoms with E-state index in [1.807, 2.05) is 12.3 Å². The van der Waals surface area contributed by atoms with Gasteiger partial charge in [0.25, 0.3) is 0 Å². The van der Waals surface area contributed by atoms with Gasteiger partial charge in [-0.1, -0.05) is 38.3 Å². The molecule has 2 heterocycles. The Balaban J connectivity index is 1.67. The van der Waals surface area contributed by atoms with E-state index < -0.39 is 10.0 Å². The third-order valence-electron chi connectivity index (χ3n) is 5.26. The Labute approximate surface area is 177 Å². The lowest BCUT2D eigenvalue weighted by Gasteiger charge is -2.32. The van der Waals surface area contributed by atoms with E-state index in [0.29, 0.717) is 23.0 Å². The maximum absolute atomic E-state index is 12.9. The largest absolute Gasteiger partial charge is 0.302 e. The van der Waals surface area contributed by atoms with Crippen LogP contribution in [0, 0.1) is 0 Å². The number of hydrogen-bond acceptors (Lipinski definition) is 5. The van der Waals surface area contributed by atoms with Gasteiger partial charge in [0.05, 0.1) is 10.6 Å². The number of sulfonamides is 1. The molecule has 1 aliphatic rings. The zero-order valence-electron chi connectivity index (χ0n) is 17.1. The van der Waals surface area contributed by atoms with Crippen molar-refractivity contribution in [3.63, 3.8) is 0 Å². The summed E-state index contributed by atoms with van der Waals surface area (Å²) < 4.78 is 27.5. The van der Waals surface area contributed by atoms with Gasteiger partial charge >= 0.3 is 0 Å². The predicted molar refractivity (Wildman–Crippen MR) is 118 cm³/mol. The molecule has 1 aromatic carbocycles. The van der Waals surface area contributed by atoms with Crippen LogP contribution in [0.1, 0.15) is 58.8 Å². The van der Waals surface area contributed by atoms with Crippen LogP contribution in [-0.4, -0.2) is 36.2 Å². The molecule has 0 aliphatic carbocycles. The highest BCUT2D eigenvalue weighted by atomic mass is 32.2. The number of nitrogens with one attached hydrogen (secondary N) is 1. The fourth-order valence-corrected chi connectivity index (χ4v) is 5.98. The monoisotopic (exact) mass is 435 g/mol. The number of aromatic nitrogens is 1. The fraction of sp³-hybridized carbons (Fsp3) is 0.524. The molecule has 1 amide bonds. The summed E-state index contributed by atoms with van der Waals surface area (Å²) in [7, 11) is -3.47. The van der Waals surface area contributed by atoms with Crippen molar-refractivity contribution in [3.8, 4) is 11.3 Å². The average molecular weight is 436 g/mol. The predicted octanol–water partition coefficient (Wildman–Crippen LogP) is 4.89. The van der Waals surface area contributed by atoms with E-state index in [2.05, 4.69) is 17.2 Å². The molecule has 1 aliphatic heterocycles. The van der Waals surface area contributed by atoms with E-state index in [9.17, 15) is 13.2 Å². The number of nitrogens with zero attached hydrogens (tertiary/aromatic N) is 2. The molecule has 29 heavy (non-hydrogen) atoms. The van der Waals surface area contributed by atoms with E-state index in [-0.39, 0.29) is 11.9 Å². The number of anilines is 1. The summed E-state index contributed by atoms with van der Waals surface area (Å²) in [5.41, 5.74) is 1.56. The molecule has 1 saturated heterocycles. The molecule has 1 unspecified atom stereocenters. The zero-order chi connectivity index (χ0) is 20.9. The Hall–Kier alpha value is -1.77. The first-order chi connectivity index (χ1) is 13.9. The number of rotatable bonds is 8. The summed E-state index contributed by atoms with van der Waals surface area (Å²) in [4.78, 5) is 16.7. The Morgan fingerprint density at radius 2 is 2.00 bits per heavy atom. The first-order valence-corrected chi connectivity index (χ1v) is 12.6. The van der Waals surface area contributed by atoms with Crippen molar-refractivity contribution in [2.24, 2.45) is 0 Å². The number of amides is 1. The van der Waals surface area contributed by atoms with Gasteiger partial charge in [-0.05, 0) is 38.3 Å². The highest BCUT2D eigenvalue weighted by molar-refractivity contribution is 7.89. The molecule has 8 heteroatoms. The third kappa shape index (κ3) is 5.43. The average Bonchev–Trinajstić information content (AvgIpc) is 3.17. The number of benzene rings is 1. The lowest BCUT2D eigenvalue weighted by molar-refractivity contribution is -0.116. The number of piperidine rings is 1. The summed E-state index contributed by atoms with van der Waals surface area (Å²) in [6.07, 6.45) is 6.40. The van der Waals surface area contributed by atoms with Gasteiger partial charge in [0.2, 0.25) is 15.9 Å². The lowest BCUT2D eigenvalue weighted by Crippen LogP contribution is -2.41. The van der Waals surface area contributed by atoms with Crippen LogP contribution in [0.4, 0.5) is 5.13 Å². The molecule has 1 aromatic heterocycles. The van der Waals surface area contributed by atoms with Crippen LogP contribution >= 0.6 is 11.3 Å². The summed E-state index contributed by atoms with van der Waals surface area (Å²) >= 11 is 1.38. The van der Waals surface area contributed by atoms with E-state index in [4.69, 9.17) is 0 Å². The fourth-order valence-electron chi connectivity index (χ4n) is 3.54. The molecule has 158 valence electrons. The summed E-state index contributed by atoms with van der Waals surface area (Å²) in [6.45, 7) is 4.66. The second kappa shape index (κ2) is 9.82. The maximum Gasteiger partial charge on any atom is 0.243 e. The van der Waals surface area contributed by atoms with E-state index in [0.717, 1.165) is 49.8 Å². The van der Waals surface area contributed by atoms with Crippen LogP contribution < -0.4 is 5.32 Å². The SMILES string of the molecule is CCCCCC(=O)Nc1nc(-c2ccc(S(=O)(=O)N3CCCCC3C)cc2)cs1. The van der Waals surface area contributed by atoms with Gasteiger partial charge < -0.3 is 5.32 Å². The van der Waals surface area contributed by atoms with Gasteiger partial charge in [-0.3, -0.25) is 4.79 Å². The molecule has 3 rings (SSSR count). The summed E-state index contributed by atoms with van der Waals surface area (Å²) in [6, 6.07) is 6.89. The number of carbonyl (C=O) groups excluding carboxylic acids is 1. The lowest BCUT2D eigenvalue weighted by atomic mass is 10.1. The van der Waals surface area contributed by atoms with Crippen LogP contribution in [0.5, 0.6) is 0 Å². The molecule has 1 atom stereocenters. The number of carbonyl (C=O) groups is 1. The van der Waals surface area contributed by atoms with Crippen molar-refractivity contribution in [2.75, 3.05) is 11.9 Å². The first kappa shape index (κ1) is 21.9. The molecular formula is C21H29N3O3S2. The summed E-state index contributed by atoms with van der Waals surface area (Å²) in [5, 5.41) is 5.28. The van der Waals surface area contributed by atoms with E-state index in [1.54, 1.807) is 28.6 Å². The van der Waals surface area contributed by atoms with Gasteiger partial charge in [-0.25, -0.2) is 13.4 Å². The molecule has 0 spiro atoms. The van der Waals surface area contributed by atoms with Crippen LogP contribution in [0.2, 0.25) is 0 Å². The van der Waals surface area contributed by atoms with E-state index >= 15 is 0 Å². The van der Waals surface area contributed by atoms with Crippen molar-refractivity contribution in [1.82, 2.24) is 9.29 Å². The van der Waals surface area contributed by atoms with Crippen LogP contribution in [-0.2, 0) is 14.8 Å². The highest BCUT2D eigenvalue weighted by Crippen LogP contribution is 2.29. The van der Waals surface area contributed by atoms with Crippen molar-refractivity contribution in [2.45, 2.75) is 69.7 Å². The molecular weight excluding hydrogens is 406 g/mol. The van der Waals surface area contributed by atoms with Crippen molar-refractivity contribution < 1.29 is 13.2 Å². The maximum atomic E-state index is 12.9. The van der Waals surface area contributed by atoms with Crippen LogP contribution in [0.25, 0.3) is 11.3 Å². The molecule has 0 saturated carbocycles. The highest BCUT2D eigenvalue weighted by Gasteiger charge is 2.30. The Bertz CT molecular complexity index is 923. The van der Waals surface area contributed by atoms with Crippen LogP contribution in [0.3, 0.4) is 0 Å². The number of thiazole rings is 1. The minimum atomic E-state index is -3.47. The second-order valence-electron chi connectivity index (χ2n) is 7.53. The van der Waals surface area contributed by atoms with Gasteiger partial charge in [-0.15, -0.1) is 11.3 Å². The molecule has 1 fully saturated rings. The van der Waals surface area contributed by atoms with Gasteiger partial charge in [0, 0.05) is 30.0 Å². The Morgan fingerprint density at radius 3 is 2.69 bits per heavy atom. The minimum Gasteiger partial charge on any atom is -0.302 e. The minimum absolute atomic E-state index is 0.0172. The Kier molecular flexibility index (Phi) is 7.43.